The first-order valence-corrected chi connectivity index (χ1v) is 12.8. The Kier molecular flexibility index (Phi) is 8.21. The number of amides is 2. The highest BCUT2D eigenvalue weighted by Gasteiger charge is 2.37. The molecule has 2 fully saturated rings. The summed E-state index contributed by atoms with van der Waals surface area (Å²) in [6, 6.07) is 4.42. The maximum atomic E-state index is 13.2. The van der Waals surface area contributed by atoms with Crippen LogP contribution in [0.3, 0.4) is 0 Å². The fourth-order valence-corrected chi connectivity index (χ4v) is 5.46. The lowest BCUT2D eigenvalue weighted by Crippen LogP contribution is -2.47. The molecule has 4 rings (SSSR count). The van der Waals surface area contributed by atoms with Gasteiger partial charge in [-0.15, -0.1) is 0 Å². The summed E-state index contributed by atoms with van der Waals surface area (Å²) in [6.07, 6.45) is -0.206. The normalized spacial score (nSPS) is 21.2. The fraction of sp³-hybridized carbons (Fsp3) is 0.619. The van der Waals surface area contributed by atoms with Crippen molar-refractivity contribution in [3.8, 4) is 11.5 Å². The van der Waals surface area contributed by atoms with Gasteiger partial charge in [-0.1, -0.05) is 0 Å². The largest absolute Gasteiger partial charge is 0.486 e. The summed E-state index contributed by atoms with van der Waals surface area (Å²) < 4.78 is 49.2. The van der Waals surface area contributed by atoms with Crippen molar-refractivity contribution in [2.75, 3.05) is 72.3 Å². The Labute approximate surface area is 198 Å². The molecule has 1 atom stereocenters. The molecule has 1 aromatic rings. The van der Waals surface area contributed by atoms with Gasteiger partial charge in [-0.25, -0.2) is 8.42 Å². The van der Waals surface area contributed by atoms with Crippen molar-refractivity contribution in [2.24, 2.45) is 0 Å². The van der Waals surface area contributed by atoms with Gasteiger partial charge in [-0.2, -0.15) is 4.31 Å². The van der Waals surface area contributed by atoms with E-state index in [4.69, 9.17) is 18.9 Å². The molecular weight excluding hydrogens is 468 g/mol. The van der Waals surface area contributed by atoms with Crippen LogP contribution in [0.4, 0.5) is 0 Å². The molecule has 0 radical (unpaired) electrons. The van der Waals surface area contributed by atoms with Gasteiger partial charge in [0.2, 0.25) is 10.0 Å². The van der Waals surface area contributed by atoms with E-state index in [-0.39, 0.29) is 24.6 Å². The number of sulfonamides is 1. The van der Waals surface area contributed by atoms with Gasteiger partial charge in [0.1, 0.15) is 19.4 Å². The van der Waals surface area contributed by atoms with E-state index >= 15 is 0 Å². The van der Waals surface area contributed by atoms with Crippen LogP contribution in [0.2, 0.25) is 0 Å². The van der Waals surface area contributed by atoms with Gasteiger partial charge in [0.05, 0.1) is 31.3 Å². The van der Waals surface area contributed by atoms with E-state index in [0.717, 1.165) is 19.6 Å². The van der Waals surface area contributed by atoms with E-state index < -0.39 is 28.1 Å². The van der Waals surface area contributed by atoms with Crippen molar-refractivity contribution in [3.05, 3.63) is 18.2 Å². The quantitative estimate of drug-likeness (QED) is 0.333. The van der Waals surface area contributed by atoms with Gasteiger partial charge in [-0.3, -0.25) is 14.5 Å². The van der Waals surface area contributed by atoms with Crippen LogP contribution in [0.25, 0.3) is 0 Å². The van der Waals surface area contributed by atoms with E-state index in [9.17, 15) is 18.0 Å². The summed E-state index contributed by atoms with van der Waals surface area (Å²) in [4.78, 5) is 26.5. The van der Waals surface area contributed by atoms with E-state index in [1.165, 1.54) is 16.4 Å². The zero-order chi connectivity index (χ0) is 24.0. The lowest BCUT2D eigenvalue weighted by molar-refractivity contribution is -0.139. The highest BCUT2D eigenvalue weighted by molar-refractivity contribution is 7.89. The van der Waals surface area contributed by atoms with Crippen molar-refractivity contribution >= 4 is 21.8 Å². The SMILES string of the molecule is O=C(NCCCN1CCOCC1)C(=O)NC[C@H]1OCCN1S(=O)(=O)c1ccc2c(c1)OCCO2. The number of nitrogens with one attached hydrogen (secondary N) is 2. The molecule has 2 saturated heterocycles. The molecule has 0 aromatic heterocycles. The van der Waals surface area contributed by atoms with E-state index in [1.54, 1.807) is 6.07 Å². The third-order valence-corrected chi connectivity index (χ3v) is 7.63. The second-order valence-corrected chi connectivity index (χ2v) is 9.91. The smallest absolute Gasteiger partial charge is 0.309 e. The monoisotopic (exact) mass is 498 g/mol. The Morgan fingerprint density at radius 1 is 0.941 bits per heavy atom. The Bertz CT molecular complexity index is 983. The second-order valence-electron chi connectivity index (χ2n) is 8.02. The van der Waals surface area contributed by atoms with Crippen LogP contribution >= 0.6 is 0 Å². The maximum Gasteiger partial charge on any atom is 0.309 e. The summed E-state index contributed by atoms with van der Waals surface area (Å²) in [5, 5.41) is 5.05. The van der Waals surface area contributed by atoms with Crippen molar-refractivity contribution in [2.45, 2.75) is 17.5 Å². The van der Waals surface area contributed by atoms with Crippen LogP contribution in [0.15, 0.2) is 23.1 Å². The molecule has 2 N–H and O–H groups in total. The third kappa shape index (κ3) is 5.96. The number of benzene rings is 1. The standard InChI is InChI=1S/C21H30N4O8S/c26-20(22-4-1-5-24-6-9-30-10-7-24)21(27)23-15-19-25(8-11-33-19)34(28,29)16-2-3-17-18(14-16)32-13-12-31-17/h2-3,14,19H,1,4-13,15H2,(H,22,26)(H,23,27)/t19-/m1/s1. The predicted molar refractivity (Wildman–Crippen MR) is 119 cm³/mol. The van der Waals surface area contributed by atoms with Crippen molar-refractivity contribution in [1.82, 2.24) is 19.8 Å². The zero-order valence-electron chi connectivity index (χ0n) is 18.9. The molecule has 0 bridgehead atoms. The molecule has 2 amide bonds. The van der Waals surface area contributed by atoms with Gasteiger partial charge in [0.25, 0.3) is 0 Å². The second kappa shape index (κ2) is 11.3. The lowest BCUT2D eigenvalue weighted by Gasteiger charge is -2.26. The first-order chi connectivity index (χ1) is 16.4. The van der Waals surface area contributed by atoms with Crippen LogP contribution in [0.5, 0.6) is 11.5 Å². The molecule has 13 heteroatoms. The highest BCUT2D eigenvalue weighted by atomic mass is 32.2. The van der Waals surface area contributed by atoms with Crippen molar-refractivity contribution in [3.63, 3.8) is 0 Å². The van der Waals surface area contributed by atoms with Gasteiger partial charge in [0, 0.05) is 32.2 Å². The molecule has 0 saturated carbocycles. The zero-order valence-corrected chi connectivity index (χ0v) is 19.7. The van der Waals surface area contributed by atoms with Gasteiger partial charge < -0.3 is 29.6 Å². The lowest BCUT2D eigenvalue weighted by atomic mass is 10.3. The van der Waals surface area contributed by atoms with Crippen LogP contribution < -0.4 is 20.1 Å². The third-order valence-electron chi connectivity index (χ3n) is 5.75. The number of morpholine rings is 1. The molecule has 188 valence electrons. The Balaban J connectivity index is 1.25. The van der Waals surface area contributed by atoms with E-state index in [1.807, 2.05) is 0 Å². The predicted octanol–water partition coefficient (Wildman–Crippen LogP) is -1.24. The Morgan fingerprint density at radius 2 is 1.68 bits per heavy atom. The maximum absolute atomic E-state index is 13.2. The average molecular weight is 499 g/mol. The highest BCUT2D eigenvalue weighted by Crippen LogP contribution is 2.34. The summed E-state index contributed by atoms with van der Waals surface area (Å²) in [5.41, 5.74) is 0. The fourth-order valence-electron chi connectivity index (χ4n) is 3.93. The molecule has 1 aromatic carbocycles. The first-order valence-electron chi connectivity index (χ1n) is 11.3. The summed E-state index contributed by atoms with van der Waals surface area (Å²) >= 11 is 0. The molecule has 0 spiro atoms. The minimum atomic E-state index is -3.91. The summed E-state index contributed by atoms with van der Waals surface area (Å²) in [5.74, 6) is -0.745. The number of hydrogen-bond acceptors (Lipinski definition) is 9. The Morgan fingerprint density at radius 3 is 2.47 bits per heavy atom. The minimum absolute atomic E-state index is 0.0385. The van der Waals surface area contributed by atoms with E-state index in [2.05, 4.69) is 15.5 Å². The van der Waals surface area contributed by atoms with Crippen LogP contribution in [-0.2, 0) is 29.1 Å². The molecule has 12 nitrogen and oxygen atoms in total. The number of hydrogen-bond donors (Lipinski definition) is 2. The van der Waals surface area contributed by atoms with Crippen molar-refractivity contribution < 1.29 is 37.0 Å². The van der Waals surface area contributed by atoms with Gasteiger partial charge >= 0.3 is 11.8 Å². The average Bonchev–Trinajstić information content (AvgIpc) is 3.35. The summed E-state index contributed by atoms with van der Waals surface area (Å²) in [6.45, 7) is 5.23. The molecular formula is C21H30N4O8S. The van der Waals surface area contributed by atoms with E-state index in [0.29, 0.717) is 50.9 Å². The molecule has 34 heavy (non-hydrogen) atoms. The first kappa shape index (κ1) is 24.7. The van der Waals surface area contributed by atoms with Crippen LogP contribution in [-0.4, -0.2) is 108 Å². The summed E-state index contributed by atoms with van der Waals surface area (Å²) in [7, 11) is -3.91. The van der Waals surface area contributed by atoms with Crippen molar-refractivity contribution in [1.29, 1.82) is 0 Å². The van der Waals surface area contributed by atoms with Gasteiger partial charge in [0.15, 0.2) is 11.5 Å². The molecule has 3 aliphatic heterocycles. The topological polar surface area (TPSA) is 136 Å². The van der Waals surface area contributed by atoms with Gasteiger partial charge in [-0.05, 0) is 25.1 Å². The molecule has 3 heterocycles. The Hall–Kier alpha value is -2.45. The van der Waals surface area contributed by atoms with Crippen LogP contribution in [0.1, 0.15) is 6.42 Å². The number of carbonyl (C=O) groups is 2. The number of ether oxygens (including phenoxy) is 4. The number of fused-ring (bicyclic) bond motifs is 1. The number of rotatable bonds is 8. The molecule has 3 aliphatic rings. The number of carbonyl (C=O) groups excluding carboxylic acids is 2. The molecule has 0 aliphatic carbocycles. The van der Waals surface area contributed by atoms with Crippen LogP contribution in [0, 0.1) is 0 Å². The number of nitrogens with zero attached hydrogens (tertiary/aromatic N) is 2. The molecule has 0 unspecified atom stereocenters. The minimum Gasteiger partial charge on any atom is -0.486 e.